The van der Waals surface area contributed by atoms with E-state index in [0.717, 1.165) is 44.6 Å². The van der Waals surface area contributed by atoms with Crippen molar-refractivity contribution in [3.05, 3.63) is 18.7 Å². The Morgan fingerprint density at radius 3 is 2.82 bits per heavy atom. The molecule has 1 N–H and O–H groups in total. The maximum absolute atomic E-state index is 12.5. The third-order valence-corrected chi connectivity index (χ3v) is 3.84. The molecule has 0 radical (unpaired) electrons. The van der Waals surface area contributed by atoms with Crippen molar-refractivity contribution < 1.29 is 4.79 Å². The second kappa shape index (κ2) is 4.07. The number of carbonyl (C=O) groups excluding carboxylic acids is 1. The third kappa shape index (κ3) is 1.70. The summed E-state index contributed by atoms with van der Waals surface area (Å²) < 4.78 is 0. The SMILES string of the molecule is O=C1N(c2cncnc2)CC[C@]12CCCNC2. The number of anilines is 1. The highest BCUT2D eigenvalue weighted by Gasteiger charge is 2.47. The molecule has 1 aromatic rings. The number of aromatic nitrogens is 2. The van der Waals surface area contributed by atoms with Crippen LogP contribution in [0.25, 0.3) is 0 Å². The van der Waals surface area contributed by atoms with E-state index in [1.54, 1.807) is 12.4 Å². The van der Waals surface area contributed by atoms with Gasteiger partial charge in [0.1, 0.15) is 6.33 Å². The number of hydrogen-bond acceptors (Lipinski definition) is 4. The minimum absolute atomic E-state index is 0.173. The van der Waals surface area contributed by atoms with Crippen LogP contribution in [-0.2, 0) is 4.79 Å². The van der Waals surface area contributed by atoms with Crippen molar-refractivity contribution in [3.63, 3.8) is 0 Å². The fraction of sp³-hybridized carbons (Fsp3) is 0.583. The molecule has 2 aliphatic rings. The van der Waals surface area contributed by atoms with Gasteiger partial charge in [-0.1, -0.05) is 0 Å². The first-order chi connectivity index (χ1) is 8.32. The second-order valence-electron chi connectivity index (χ2n) is 4.86. The van der Waals surface area contributed by atoms with Gasteiger partial charge in [-0.05, 0) is 25.8 Å². The van der Waals surface area contributed by atoms with E-state index in [0.29, 0.717) is 0 Å². The van der Waals surface area contributed by atoms with E-state index in [4.69, 9.17) is 0 Å². The summed E-state index contributed by atoms with van der Waals surface area (Å²) >= 11 is 0. The Hall–Kier alpha value is -1.49. The fourth-order valence-corrected chi connectivity index (χ4v) is 2.86. The van der Waals surface area contributed by atoms with Gasteiger partial charge in [0.15, 0.2) is 0 Å². The Morgan fingerprint density at radius 1 is 1.29 bits per heavy atom. The molecule has 5 nitrogen and oxygen atoms in total. The lowest BCUT2D eigenvalue weighted by molar-refractivity contribution is -0.126. The third-order valence-electron chi connectivity index (χ3n) is 3.84. The van der Waals surface area contributed by atoms with Crippen LogP contribution in [-0.4, -0.2) is 35.5 Å². The number of rotatable bonds is 1. The van der Waals surface area contributed by atoms with E-state index in [-0.39, 0.29) is 11.3 Å². The Bertz CT molecular complexity index is 414. The van der Waals surface area contributed by atoms with Crippen LogP contribution >= 0.6 is 0 Å². The highest BCUT2D eigenvalue weighted by atomic mass is 16.2. The van der Waals surface area contributed by atoms with Gasteiger partial charge in [-0.2, -0.15) is 0 Å². The summed E-state index contributed by atoms with van der Waals surface area (Å²) in [4.78, 5) is 22.3. The summed E-state index contributed by atoms with van der Waals surface area (Å²) in [6.07, 6.45) is 7.93. The van der Waals surface area contributed by atoms with Crippen LogP contribution in [0.15, 0.2) is 18.7 Å². The molecule has 0 saturated carbocycles. The predicted octanol–water partition coefficient (Wildman–Crippen LogP) is 0.583. The molecule has 3 rings (SSSR count). The standard InChI is InChI=1S/C12H16N4O/c17-11-12(2-1-4-13-8-12)3-5-16(11)10-6-14-9-15-7-10/h6-7,9,13H,1-5,8H2/t12-/m0/s1. The maximum Gasteiger partial charge on any atom is 0.234 e. The molecule has 0 unspecified atom stereocenters. The van der Waals surface area contributed by atoms with E-state index < -0.39 is 0 Å². The van der Waals surface area contributed by atoms with Crippen molar-refractivity contribution in [2.24, 2.45) is 5.41 Å². The lowest BCUT2D eigenvalue weighted by Gasteiger charge is -2.32. The van der Waals surface area contributed by atoms with E-state index in [2.05, 4.69) is 15.3 Å². The molecule has 17 heavy (non-hydrogen) atoms. The van der Waals surface area contributed by atoms with Gasteiger partial charge in [0.2, 0.25) is 5.91 Å². The number of piperidine rings is 1. The smallest absolute Gasteiger partial charge is 0.234 e. The average molecular weight is 232 g/mol. The molecular formula is C12H16N4O. The van der Waals surface area contributed by atoms with E-state index in [9.17, 15) is 4.79 Å². The van der Waals surface area contributed by atoms with Gasteiger partial charge in [-0.15, -0.1) is 0 Å². The van der Waals surface area contributed by atoms with Gasteiger partial charge in [0.05, 0.1) is 23.5 Å². The molecule has 1 amide bonds. The molecule has 1 spiro atoms. The van der Waals surface area contributed by atoms with Crippen molar-refractivity contribution in [1.29, 1.82) is 0 Å². The van der Waals surface area contributed by atoms with E-state index >= 15 is 0 Å². The number of amides is 1. The minimum atomic E-state index is -0.173. The van der Waals surface area contributed by atoms with Crippen molar-refractivity contribution in [1.82, 2.24) is 15.3 Å². The summed E-state index contributed by atoms with van der Waals surface area (Å²) in [6, 6.07) is 0. The monoisotopic (exact) mass is 232 g/mol. The van der Waals surface area contributed by atoms with Gasteiger partial charge >= 0.3 is 0 Å². The Kier molecular flexibility index (Phi) is 2.55. The summed E-state index contributed by atoms with van der Waals surface area (Å²) in [5, 5.41) is 3.34. The second-order valence-corrected chi connectivity index (χ2v) is 4.86. The molecule has 1 atom stereocenters. The molecule has 0 bridgehead atoms. The summed E-state index contributed by atoms with van der Waals surface area (Å²) in [7, 11) is 0. The predicted molar refractivity (Wildman–Crippen MR) is 63.5 cm³/mol. The summed E-state index contributed by atoms with van der Waals surface area (Å²) in [5.74, 6) is 0.236. The molecule has 2 saturated heterocycles. The van der Waals surface area contributed by atoms with Crippen LogP contribution in [0.1, 0.15) is 19.3 Å². The van der Waals surface area contributed by atoms with Gasteiger partial charge < -0.3 is 10.2 Å². The highest BCUT2D eigenvalue weighted by molar-refractivity contribution is 5.99. The zero-order valence-corrected chi connectivity index (χ0v) is 9.72. The van der Waals surface area contributed by atoms with Crippen molar-refractivity contribution in [2.45, 2.75) is 19.3 Å². The molecule has 5 heteroatoms. The normalized spacial score (nSPS) is 28.9. The first-order valence-electron chi connectivity index (χ1n) is 6.10. The molecule has 0 aromatic carbocycles. The Labute approximate surface area is 100 Å². The van der Waals surface area contributed by atoms with Crippen LogP contribution in [0.4, 0.5) is 5.69 Å². The van der Waals surface area contributed by atoms with Crippen molar-refractivity contribution in [3.8, 4) is 0 Å². The Balaban J connectivity index is 1.85. The van der Waals surface area contributed by atoms with E-state index in [1.807, 2.05) is 4.90 Å². The number of nitrogens with one attached hydrogen (secondary N) is 1. The number of carbonyl (C=O) groups is 1. The molecule has 1 aromatic heterocycles. The van der Waals surface area contributed by atoms with E-state index in [1.165, 1.54) is 6.33 Å². The Morgan fingerprint density at radius 2 is 2.12 bits per heavy atom. The van der Waals surface area contributed by atoms with Crippen LogP contribution in [0, 0.1) is 5.41 Å². The molecular weight excluding hydrogens is 216 g/mol. The van der Waals surface area contributed by atoms with Gasteiger partial charge in [-0.3, -0.25) is 4.79 Å². The zero-order valence-electron chi connectivity index (χ0n) is 9.72. The zero-order chi connectivity index (χ0) is 11.7. The van der Waals surface area contributed by atoms with Crippen LogP contribution in [0.3, 0.4) is 0 Å². The van der Waals surface area contributed by atoms with Crippen LogP contribution in [0.5, 0.6) is 0 Å². The molecule has 2 aliphatic heterocycles. The van der Waals surface area contributed by atoms with Gasteiger partial charge in [0.25, 0.3) is 0 Å². The minimum Gasteiger partial charge on any atom is -0.316 e. The van der Waals surface area contributed by atoms with Crippen LogP contribution < -0.4 is 10.2 Å². The fourth-order valence-electron chi connectivity index (χ4n) is 2.86. The largest absolute Gasteiger partial charge is 0.316 e. The summed E-state index contributed by atoms with van der Waals surface area (Å²) in [5.41, 5.74) is 0.647. The topological polar surface area (TPSA) is 58.1 Å². The molecule has 0 aliphatic carbocycles. The number of hydrogen-bond donors (Lipinski definition) is 1. The lowest BCUT2D eigenvalue weighted by atomic mass is 9.79. The maximum atomic E-state index is 12.5. The first-order valence-corrected chi connectivity index (χ1v) is 6.10. The van der Waals surface area contributed by atoms with Crippen molar-refractivity contribution >= 4 is 11.6 Å². The first kappa shape index (κ1) is 10.7. The lowest BCUT2D eigenvalue weighted by Crippen LogP contribution is -2.45. The molecule has 3 heterocycles. The van der Waals surface area contributed by atoms with Crippen LogP contribution in [0.2, 0.25) is 0 Å². The number of nitrogens with zero attached hydrogens (tertiary/aromatic N) is 3. The quantitative estimate of drug-likeness (QED) is 0.769. The molecule has 90 valence electrons. The highest BCUT2D eigenvalue weighted by Crippen LogP contribution is 2.39. The van der Waals surface area contributed by atoms with Gasteiger partial charge in [0, 0.05) is 13.1 Å². The molecule has 2 fully saturated rings. The van der Waals surface area contributed by atoms with Crippen molar-refractivity contribution in [2.75, 3.05) is 24.5 Å². The summed E-state index contributed by atoms with van der Waals surface area (Å²) in [6.45, 7) is 2.63. The van der Waals surface area contributed by atoms with Gasteiger partial charge in [-0.25, -0.2) is 9.97 Å². The average Bonchev–Trinajstić information content (AvgIpc) is 2.70.